The number of benzene rings is 1. The second kappa shape index (κ2) is 6.45. The Morgan fingerprint density at radius 1 is 1.33 bits per heavy atom. The van der Waals surface area contributed by atoms with Crippen LogP contribution in [0.25, 0.3) is 0 Å². The number of carboxylic acids is 1. The first-order valence-electron chi connectivity index (χ1n) is 6.67. The van der Waals surface area contributed by atoms with Crippen molar-refractivity contribution < 1.29 is 24.5 Å². The fourth-order valence-corrected chi connectivity index (χ4v) is 2.31. The van der Waals surface area contributed by atoms with E-state index in [1.54, 1.807) is 12.0 Å². The van der Waals surface area contributed by atoms with Crippen molar-refractivity contribution in [1.82, 2.24) is 4.90 Å². The van der Waals surface area contributed by atoms with Crippen molar-refractivity contribution in [1.29, 1.82) is 0 Å². The summed E-state index contributed by atoms with van der Waals surface area (Å²) in [5.74, 6) is -1.69. The molecule has 1 saturated heterocycles. The van der Waals surface area contributed by atoms with Crippen molar-refractivity contribution in [3.63, 3.8) is 0 Å². The van der Waals surface area contributed by atoms with Gasteiger partial charge >= 0.3 is 12.0 Å². The summed E-state index contributed by atoms with van der Waals surface area (Å²) in [6, 6.07) is 3.84. The van der Waals surface area contributed by atoms with E-state index in [2.05, 4.69) is 5.32 Å². The molecule has 0 unspecified atom stereocenters. The van der Waals surface area contributed by atoms with E-state index in [0.717, 1.165) is 12.8 Å². The van der Waals surface area contributed by atoms with Gasteiger partial charge in [-0.25, -0.2) is 9.59 Å². The van der Waals surface area contributed by atoms with Crippen LogP contribution in [0.15, 0.2) is 18.2 Å². The van der Waals surface area contributed by atoms with Crippen molar-refractivity contribution in [3.05, 3.63) is 23.8 Å². The van der Waals surface area contributed by atoms with Gasteiger partial charge in [0.15, 0.2) is 5.75 Å². The number of phenols is 1. The Labute approximate surface area is 122 Å². The highest BCUT2D eigenvalue weighted by atomic mass is 16.5. The number of amides is 2. The Kier molecular flexibility index (Phi) is 4.64. The molecule has 1 fully saturated rings. The van der Waals surface area contributed by atoms with E-state index in [4.69, 9.17) is 9.84 Å². The first-order valence-corrected chi connectivity index (χ1v) is 6.67. The van der Waals surface area contributed by atoms with Crippen molar-refractivity contribution in [2.75, 3.05) is 25.5 Å². The number of methoxy groups -OCH3 is 1. The van der Waals surface area contributed by atoms with Crippen LogP contribution in [-0.4, -0.2) is 53.4 Å². The molecule has 21 heavy (non-hydrogen) atoms. The molecule has 7 nitrogen and oxygen atoms in total. The normalized spacial score (nSPS) is 15.8. The summed E-state index contributed by atoms with van der Waals surface area (Å²) in [5.41, 5.74) is -0.153. The fraction of sp³-hybridized carbons (Fsp3) is 0.429. The molecule has 7 heteroatoms. The molecule has 0 aliphatic carbocycles. The maximum absolute atomic E-state index is 12.1. The molecule has 0 spiro atoms. The molecule has 0 bridgehead atoms. The Bertz CT molecular complexity index is 538. The topological polar surface area (TPSA) is 99.1 Å². The number of hydrogen-bond acceptors (Lipinski definition) is 4. The smallest absolute Gasteiger partial charge is 0.339 e. The zero-order valence-corrected chi connectivity index (χ0v) is 11.7. The molecule has 1 aromatic rings. The van der Waals surface area contributed by atoms with E-state index in [0.29, 0.717) is 13.1 Å². The number of hydrogen-bond donors (Lipinski definition) is 3. The molecule has 0 radical (unpaired) electrons. The Balaban J connectivity index is 2.03. The summed E-state index contributed by atoms with van der Waals surface area (Å²) in [5, 5.41) is 21.3. The molecule has 2 amide bonds. The summed E-state index contributed by atoms with van der Waals surface area (Å²) in [4.78, 5) is 24.7. The van der Waals surface area contributed by atoms with E-state index in [1.807, 2.05) is 0 Å². The summed E-state index contributed by atoms with van der Waals surface area (Å²) in [6.07, 6.45) is 1.67. The Hall–Kier alpha value is -2.28. The number of nitrogens with zero attached hydrogens (tertiary/aromatic N) is 1. The second-order valence-corrected chi connectivity index (χ2v) is 4.86. The van der Waals surface area contributed by atoms with Crippen LogP contribution in [0.2, 0.25) is 0 Å². The highest BCUT2D eigenvalue weighted by Gasteiger charge is 2.23. The molecule has 2 rings (SSSR count). The molecule has 114 valence electrons. The summed E-state index contributed by atoms with van der Waals surface area (Å²) in [6.45, 7) is 1.12. The van der Waals surface area contributed by atoms with E-state index < -0.39 is 11.7 Å². The number of aromatic hydroxyl groups is 1. The summed E-state index contributed by atoms with van der Waals surface area (Å²) in [7, 11) is 1.65. The predicted octanol–water partition coefficient (Wildman–Crippen LogP) is 1.73. The average Bonchev–Trinajstić information content (AvgIpc) is 2.49. The van der Waals surface area contributed by atoms with Gasteiger partial charge in [0.05, 0.1) is 11.8 Å². The summed E-state index contributed by atoms with van der Waals surface area (Å²) < 4.78 is 5.24. The van der Waals surface area contributed by atoms with Crippen molar-refractivity contribution in [2.45, 2.75) is 18.9 Å². The van der Waals surface area contributed by atoms with Crippen LogP contribution in [-0.2, 0) is 4.74 Å². The van der Waals surface area contributed by atoms with E-state index in [-0.39, 0.29) is 23.4 Å². The third kappa shape index (κ3) is 3.43. The monoisotopic (exact) mass is 294 g/mol. The maximum atomic E-state index is 12.1. The van der Waals surface area contributed by atoms with Gasteiger partial charge in [0.2, 0.25) is 0 Å². The average molecular weight is 294 g/mol. The molecule has 0 atom stereocenters. The van der Waals surface area contributed by atoms with Crippen LogP contribution in [0.3, 0.4) is 0 Å². The van der Waals surface area contributed by atoms with Gasteiger partial charge in [0, 0.05) is 20.2 Å². The minimum absolute atomic E-state index is 0.0914. The van der Waals surface area contributed by atoms with E-state index >= 15 is 0 Å². The van der Waals surface area contributed by atoms with Crippen molar-refractivity contribution in [2.24, 2.45) is 0 Å². The number of rotatable bonds is 3. The number of carbonyl (C=O) groups excluding carboxylic acids is 1. The number of nitrogens with one attached hydrogen (secondary N) is 1. The lowest BCUT2D eigenvalue weighted by molar-refractivity contribution is 0.0521. The lowest BCUT2D eigenvalue weighted by atomic mass is 10.1. The third-order valence-corrected chi connectivity index (χ3v) is 3.57. The van der Waals surface area contributed by atoms with Gasteiger partial charge < -0.3 is 25.2 Å². The van der Waals surface area contributed by atoms with Crippen LogP contribution < -0.4 is 5.32 Å². The second-order valence-electron chi connectivity index (χ2n) is 4.86. The van der Waals surface area contributed by atoms with Gasteiger partial charge in [-0.3, -0.25) is 0 Å². The SMILES string of the molecule is COC1CCN(C(=O)Nc2cccc(C(=O)O)c2O)CC1. The number of likely N-dealkylation sites (tertiary alicyclic amines) is 1. The number of para-hydroxylation sites is 1. The molecule has 0 saturated carbocycles. The Morgan fingerprint density at radius 2 is 2.00 bits per heavy atom. The van der Waals surface area contributed by atoms with Gasteiger partial charge in [-0.1, -0.05) is 6.07 Å². The summed E-state index contributed by atoms with van der Waals surface area (Å²) >= 11 is 0. The van der Waals surface area contributed by atoms with Crippen molar-refractivity contribution >= 4 is 17.7 Å². The highest BCUT2D eigenvalue weighted by molar-refractivity contribution is 5.97. The number of piperidine rings is 1. The molecule has 1 aliphatic rings. The number of carboxylic acid groups (broad SMARTS) is 1. The molecular weight excluding hydrogens is 276 g/mol. The van der Waals surface area contributed by atoms with Gasteiger partial charge in [-0.05, 0) is 25.0 Å². The lowest BCUT2D eigenvalue weighted by Gasteiger charge is -2.31. The van der Waals surface area contributed by atoms with Gasteiger partial charge in [-0.15, -0.1) is 0 Å². The van der Waals surface area contributed by atoms with Crippen LogP contribution in [0, 0.1) is 0 Å². The third-order valence-electron chi connectivity index (χ3n) is 3.57. The largest absolute Gasteiger partial charge is 0.505 e. The zero-order chi connectivity index (χ0) is 15.4. The van der Waals surface area contributed by atoms with Gasteiger partial charge in [-0.2, -0.15) is 0 Å². The predicted molar refractivity (Wildman–Crippen MR) is 75.7 cm³/mol. The number of aromatic carboxylic acids is 1. The molecule has 1 heterocycles. The number of urea groups is 1. The first-order chi connectivity index (χ1) is 10.0. The van der Waals surface area contributed by atoms with Crippen molar-refractivity contribution in [3.8, 4) is 5.75 Å². The number of ether oxygens (including phenoxy) is 1. The lowest BCUT2D eigenvalue weighted by Crippen LogP contribution is -2.42. The standard InChI is InChI=1S/C14H18N2O5/c1-21-9-5-7-16(8-6-9)14(20)15-11-4-2-3-10(12(11)17)13(18)19/h2-4,9,17H,5-8H2,1H3,(H,15,20)(H,18,19). The van der Waals surface area contributed by atoms with Crippen LogP contribution in [0.5, 0.6) is 5.75 Å². The minimum Gasteiger partial charge on any atom is -0.505 e. The quantitative estimate of drug-likeness (QED) is 0.737. The van der Waals surface area contributed by atoms with E-state index in [9.17, 15) is 14.7 Å². The van der Waals surface area contributed by atoms with Gasteiger partial charge in [0.1, 0.15) is 5.56 Å². The zero-order valence-electron chi connectivity index (χ0n) is 11.7. The van der Waals surface area contributed by atoms with E-state index in [1.165, 1.54) is 18.2 Å². The number of anilines is 1. The van der Waals surface area contributed by atoms with Crippen LogP contribution in [0.1, 0.15) is 23.2 Å². The van der Waals surface area contributed by atoms with Crippen LogP contribution in [0.4, 0.5) is 10.5 Å². The molecule has 3 N–H and O–H groups in total. The maximum Gasteiger partial charge on any atom is 0.339 e. The molecular formula is C14H18N2O5. The molecule has 1 aliphatic heterocycles. The number of carbonyl (C=O) groups is 2. The Morgan fingerprint density at radius 3 is 2.57 bits per heavy atom. The van der Waals surface area contributed by atoms with Gasteiger partial charge in [0.25, 0.3) is 0 Å². The van der Waals surface area contributed by atoms with Crippen LogP contribution >= 0.6 is 0 Å². The minimum atomic E-state index is -1.25. The molecule has 1 aromatic carbocycles. The molecule has 0 aromatic heterocycles. The first kappa shape index (κ1) is 15.1. The highest BCUT2D eigenvalue weighted by Crippen LogP contribution is 2.28. The fourth-order valence-electron chi connectivity index (χ4n) is 2.31.